The van der Waals surface area contributed by atoms with Crippen LogP contribution in [0.25, 0.3) is 0 Å². The normalized spacial score (nSPS) is 19.4. The van der Waals surface area contributed by atoms with Crippen molar-refractivity contribution in [2.75, 3.05) is 11.9 Å². The Labute approximate surface area is 96.2 Å². The van der Waals surface area contributed by atoms with Crippen LogP contribution in [0.4, 0.5) is 18.9 Å². The number of rotatable bonds is 2. The molecular weight excluding hydrogens is 235 g/mol. The average Bonchev–Trinajstić information content (AvgIpc) is 2.26. The van der Waals surface area contributed by atoms with E-state index in [0.717, 1.165) is 11.3 Å². The van der Waals surface area contributed by atoms with Gasteiger partial charge in [-0.25, -0.2) is 0 Å². The number of aliphatic hydroxyl groups excluding tert-OH is 1. The van der Waals surface area contributed by atoms with Gasteiger partial charge >= 0.3 is 6.36 Å². The van der Waals surface area contributed by atoms with Crippen LogP contribution in [0.2, 0.25) is 0 Å². The fourth-order valence-electron chi connectivity index (χ4n) is 1.87. The smallest absolute Gasteiger partial charge is 0.406 e. The van der Waals surface area contributed by atoms with Crippen LogP contribution in [-0.2, 0) is 6.42 Å². The number of hydrogen-bond acceptors (Lipinski definition) is 3. The molecule has 6 heteroatoms. The molecule has 1 aliphatic heterocycles. The summed E-state index contributed by atoms with van der Waals surface area (Å²) in [7, 11) is 0. The molecule has 0 saturated heterocycles. The first-order valence-electron chi connectivity index (χ1n) is 5.24. The number of anilines is 1. The number of aliphatic hydroxyl groups is 1. The van der Waals surface area contributed by atoms with E-state index in [1.54, 1.807) is 0 Å². The molecule has 2 N–H and O–H groups in total. The van der Waals surface area contributed by atoms with Crippen LogP contribution < -0.4 is 10.1 Å². The van der Waals surface area contributed by atoms with E-state index >= 15 is 0 Å². The highest BCUT2D eigenvalue weighted by Crippen LogP contribution is 2.31. The number of benzene rings is 1. The average molecular weight is 247 g/mol. The molecule has 1 aromatic rings. The van der Waals surface area contributed by atoms with E-state index in [0.29, 0.717) is 12.8 Å². The van der Waals surface area contributed by atoms with Crippen molar-refractivity contribution >= 4 is 5.69 Å². The predicted molar refractivity (Wildman–Crippen MR) is 55.9 cm³/mol. The minimum absolute atomic E-state index is 0.0141. The van der Waals surface area contributed by atoms with E-state index in [2.05, 4.69) is 10.1 Å². The van der Waals surface area contributed by atoms with E-state index < -0.39 is 6.36 Å². The Bertz CT molecular complexity index is 406. The summed E-state index contributed by atoms with van der Waals surface area (Å²) in [4.78, 5) is 0. The van der Waals surface area contributed by atoms with Gasteiger partial charge in [0.15, 0.2) is 0 Å². The fourth-order valence-corrected chi connectivity index (χ4v) is 1.87. The van der Waals surface area contributed by atoms with Crippen molar-refractivity contribution < 1.29 is 23.0 Å². The summed E-state index contributed by atoms with van der Waals surface area (Å²) in [6, 6.07) is 4.15. The Balaban J connectivity index is 2.16. The van der Waals surface area contributed by atoms with Crippen molar-refractivity contribution in [1.82, 2.24) is 0 Å². The molecule has 0 fully saturated rings. The van der Waals surface area contributed by atoms with Crippen LogP contribution in [0.15, 0.2) is 18.2 Å². The zero-order valence-corrected chi connectivity index (χ0v) is 8.92. The maximum Gasteiger partial charge on any atom is 0.573 e. The number of fused-ring (bicyclic) bond motifs is 1. The molecule has 1 unspecified atom stereocenters. The van der Waals surface area contributed by atoms with Crippen molar-refractivity contribution in [1.29, 1.82) is 0 Å². The summed E-state index contributed by atoms with van der Waals surface area (Å²) in [5.74, 6) is -0.208. The lowest BCUT2D eigenvalue weighted by molar-refractivity contribution is -0.274. The molecule has 1 aliphatic rings. The molecule has 17 heavy (non-hydrogen) atoms. The van der Waals surface area contributed by atoms with Crippen LogP contribution in [0.1, 0.15) is 12.0 Å². The molecule has 0 radical (unpaired) electrons. The molecule has 0 amide bonds. The van der Waals surface area contributed by atoms with Gasteiger partial charge in [0.2, 0.25) is 0 Å². The van der Waals surface area contributed by atoms with E-state index in [9.17, 15) is 13.2 Å². The van der Waals surface area contributed by atoms with Gasteiger partial charge in [0.25, 0.3) is 0 Å². The molecular formula is C11H12F3NO2. The largest absolute Gasteiger partial charge is 0.573 e. The zero-order valence-electron chi connectivity index (χ0n) is 8.92. The molecule has 2 rings (SSSR count). The fraction of sp³-hybridized carbons (Fsp3) is 0.455. The second kappa shape index (κ2) is 4.44. The molecule has 1 aromatic carbocycles. The quantitative estimate of drug-likeness (QED) is 0.842. The van der Waals surface area contributed by atoms with Crippen molar-refractivity contribution in [2.24, 2.45) is 0 Å². The second-order valence-corrected chi connectivity index (χ2v) is 3.93. The lowest BCUT2D eigenvalue weighted by Gasteiger charge is -2.26. The molecule has 1 heterocycles. The van der Waals surface area contributed by atoms with E-state index in [-0.39, 0.29) is 18.4 Å². The van der Waals surface area contributed by atoms with Gasteiger partial charge in [-0.15, -0.1) is 13.2 Å². The van der Waals surface area contributed by atoms with Gasteiger partial charge in [0, 0.05) is 11.7 Å². The highest BCUT2D eigenvalue weighted by molar-refractivity contribution is 5.56. The van der Waals surface area contributed by atoms with Crippen LogP contribution in [-0.4, -0.2) is 24.1 Å². The maximum absolute atomic E-state index is 12.0. The standard InChI is InChI=1S/C11H12F3NO2/c12-11(13,14)17-9-3-4-10-7(5-9)1-2-8(6-16)15-10/h3-5,8,15-16H,1-2,6H2. The zero-order chi connectivity index (χ0) is 12.5. The summed E-state index contributed by atoms with van der Waals surface area (Å²) in [6.07, 6.45) is -3.34. The number of hydrogen-bond donors (Lipinski definition) is 2. The van der Waals surface area contributed by atoms with Gasteiger partial charge in [0.1, 0.15) is 5.75 Å². The molecule has 0 aliphatic carbocycles. The number of halogens is 3. The number of ether oxygens (including phenoxy) is 1. The van der Waals surface area contributed by atoms with Gasteiger partial charge in [-0.2, -0.15) is 0 Å². The van der Waals surface area contributed by atoms with Crippen molar-refractivity contribution in [2.45, 2.75) is 25.2 Å². The SMILES string of the molecule is OCC1CCc2cc(OC(F)(F)F)ccc2N1. The van der Waals surface area contributed by atoms with Crippen molar-refractivity contribution in [3.8, 4) is 5.75 Å². The topological polar surface area (TPSA) is 41.5 Å². The van der Waals surface area contributed by atoms with Crippen LogP contribution in [0, 0.1) is 0 Å². The third-order valence-corrected chi connectivity index (χ3v) is 2.65. The van der Waals surface area contributed by atoms with E-state index in [1.807, 2.05) is 0 Å². The number of nitrogens with one attached hydrogen (secondary N) is 1. The summed E-state index contributed by atoms with van der Waals surface area (Å²) in [5.41, 5.74) is 1.53. The molecule has 0 spiro atoms. The summed E-state index contributed by atoms with van der Waals surface area (Å²) >= 11 is 0. The Hall–Kier alpha value is -1.43. The molecule has 3 nitrogen and oxygen atoms in total. The Morgan fingerprint density at radius 2 is 2.18 bits per heavy atom. The van der Waals surface area contributed by atoms with Gasteiger partial charge in [-0.3, -0.25) is 0 Å². The first-order chi connectivity index (χ1) is 7.98. The number of aryl methyl sites for hydroxylation is 1. The van der Waals surface area contributed by atoms with E-state index in [4.69, 9.17) is 5.11 Å². The first kappa shape index (κ1) is 12.0. The van der Waals surface area contributed by atoms with Gasteiger partial charge in [-0.05, 0) is 36.6 Å². The van der Waals surface area contributed by atoms with Crippen LogP contribution >= 0.6 is 0 Å². The Kier molecular flexibility index (Phi) is 3.15. The first-order valence-corrected chi connectivity index (χ1v) is 5.24. The summed E-state index contributed by atoms with van der Waals surface area (Å²) in [6.45, 7) is 0.0141. The predicted octanol–water partition coefficient (Wildman–Crippen LogP) is 2.30. The molecule has 94 valence electrons. The van der Waals surface area contributed by atoms with Crippen molar-refractivity contribution in [3.05, 3.63) is 23.8 Å². The highest BCUT2D eigenvalue weighted by Gasteiger charge is 2.31. The lowest BCUT2D eigenvalue weighted by atomic mass is 9.98. The Morgan fingerprint density at radius 1 is 1.41 bits per heavy atom. The number of alkyl halides is 3. The third-order valence-electron chi connectivity index (χ3n) is 2.65. The van der Waals surface area contributed by atoms with Crippen molar-refractivity contribution in [3.63, 3.8) is 0 Å². The minimum atomic E-state index is -4.66. The third kappa shape index (κ3) is 3.03. The monoisotopic (exact) mass is 247 g/mol. The molecule has 0 saturated carbocycles. The van der Waals surface area contributed by atoms with E-state index in [1.165, 1.54) is 18.2 Å². The Morgan fingerprint density at radius 3 is 2.82 bits per heavy atom. The van der Waals surface area contributed by atoms with Crippen LogP contribution in [0.3, 0.4) is 0 Å². The highest BCUT2D eigenvalue weighted by atomic mass is 19.4. The summed E-state index contributed by atoms with van der Waals surface area (Å²) in [5, 5.41) is 12.0. The van der Waals surface area contributed by atoms with Crippen LogP contribution in [0.5, 0.6) is 5.75 Å². The second-order valence-electron chi connectivity index (χ2n) is 3.93. The lowest BCUT2D eigenvalue weighted by Crippen LogP contribution is -2.28. The molecule has 1 atom stereocenters. The minimum Gasteiger partial charge on any atom is -0.406 e. The molecule has 0 bridgehead atoms. The van der Waals surface area contributed by atoms with Gasteiger partial charge in [-0.1, -0.05) is 0 Å². The molecule has 0 aromatic heterocycles. The van der Waals surface area contributed by atoms with Gasteiger partial charge in [0.05, 0.1) is 6.61 Å². The maximum atomic E-state index is 12.0. The van der Waals surface area contributed by atoms with Gasteiger partial charge < -0.3 is 15.2 Å². The summed E-state index contributed by atoms with van der Waals surface area (Å²) < 4.78 is 39.9.